The van der Waals surface area contributed by atoms with Crippen LogP contribution in [0, 0.1) is 11.7 Å². The highest BCUT2D eigenvalue weighted by molar-refractivity contribution is 5.21. The molecule has 1 aliphatic rings. The Morgan fingerprint density at radius 2 is 1.95 bits per heavy atom. The molecule has 3 nitrogen and oxygen atoms in total. The van der Waals surface area contributed by atoms with E-state index in [0.29, 0.717) is 5.56 Å². The third-order valence-corrected chi connectivity index (χ3v) is 4.82. The molecule has 0 bridgehead atoms. The monoisotopic (exact) mass is 293 g/mol. The van der Waals surface area contributed by atoms with Gasteiger partial charge in [0, 0.05) is 43.3 Å². The van der Waals surface area contributed by atoms with Gasteiger partial charge in [-0.25, -0.2) is 4.39 Å². The van der Waals surface area contributed by atoms with E-state index >= 15 is 0 Å². The number of benzene rings is 1. The maximum absolute atomic E-state index is 13.9. The van der Waals surface area contributed by atoms with Gasteiger partial charge in [0.15, 0.2) is 0 Å². The van der Waals surface area contributed by atoms with Crippen molar-refractivity contribution in [3.05, 3.63) is 35.6 Å². The van der Waals surface area contributed by atoms with E-state index in [0.717, 1.165) is 26.2 Å². The molecule has 0 saturated carbocycles. The van der Waals surface area contributed by atoms with Crippen LogP contribution in [0.5, 0.6) is 0 Å². The van der Waals surface area contributed by atoms with E-state index in [4.69, 9.17) is 5.73 Å². The minimum atomic E-state index is -0.256. The third-order valence-electron chi connectivity index (χ3n) is 4.82. The molecule has 1 aromatic carbocycles. The lowest BCUT2D eigenvalue weighted by molar-refractivity contribution is 0.0313. The first-order valence-electron chi connectivity index (χ1n) is 7.75. The summed E-state index contributed by atoms with van der Waals surface area (Å²) in [5.41, 5.74) is 7.08. The summed E-state index contributed by atoms with van der Waals surface area (Å²) < 4.78 is 13.9. The largest absolute Gasteiger partial charge is 0.324 e. The van der Waals surface area contributed by atoms with E-state index < -0.39 is 0 Å². The first-order chi connectivity index (χ1) is 9.81. The Labute approximate surface area is 127 Å². The fourth-order valence-corrected chi connectivity index (χ4v) is 3.07. The average molecular weight is 293 g/mol. The molecule has 1 aliphatic heterocycles. The number of hydrogen-bond acceptors (Lipinski definition) is 3. The number of halogens is 1. The fraction of sp³-hybridized carbons (Fsp3) is 0.647. The molecular formula is C17H28FN3. The van der Waals surface area contributed by atoms with Crippen LogP contribution in [0.4, 0.5) is 4.39 Å². The van der Waals surface area contributed by atoms with E-state index in [1.807, 2.05) is 6.07 Å². The van der Waals surface area contributed by atoms with Gasteiger partial charge in [0.25, 0.3) is 0 Å². The molecule has 2 atom stereocenters. The van der Waals surface area contributed by atoms with Crippen LogP contribution in [-0.4, -0.2) is 48.6 Å². The van der Waals surface area contributed by atoms with Crippen LogP contribution in [0.15, 0.2) is 24.3 Å². The number of nitrogens with zero attached hydrogens (tertiary/aromatic N) is 2. The van der Waals surface area contributed by atoms with Crippen LogP contribution in [0.2, 0.25) is 0 Å². The highest BCUT2D eigenvalue weighted by Gasteiger charge is 2.32. The van der Waals surface area contributed by atoms with E-state index in [-0.39, 0.29) is 23.3 Å². The number of piperazine rings is 1. The van der Waals surface area contributed by atoms with E-state index in [9.17, 15) is 4.39 Å². The van der Waals surface area contributed by atoms with Crippen LogP contribution >= 0.6 is 0 Å². The summed E-state index contributed by atoms with van der Waals surface area (Å²) in [7, 11) is 2.17. The molecule has 0 spiro atoms. The van der Waals surface area contributed by atoms with Gasteiger partial charge < -0.3 is 5.73 Å². The van der Waals surface area contributed by atoms with Crippen molar-refractivity contribution in [2.24, 2.45) is 11.7 Å². The Morgan fingerprint density at radius 1 is 1.29 bits per heavy atom. The average Bonchev–Trinajstić information content (AvgIpc) is 2.42. The Balaban J connectivity index is 1.98. The number of rotatable bonds is 4. The van der Waals surface area contributed by atoms with Gasteiger partial charge in [0.2, 0.25) is 0 Å². The minimum Gasteiger partial charge on any atom is -0.324 e. The maximum Gasteiger partial charge on any atom is 0.127 e. The van der Waals surface area contributed by atoms with Gasteiger partial charge in [0.05, 0.1) is 0 Å². The molecule has 1 heterocycles. The normalized spacial score (nSPS) is 23.0. The van der Waals surface area contributed by atoms with Crippen molar-refractivity contribution in [3.8, 4) is 0 Å². The highest BCUT2D eigenvalue weighted by atomic mass is 19.1. The molecule has 2 unspecified atom stereocenters. The lowest BCUT2D eigenvalue weighted by Gasteiger charge is -2.46. The molecule has 1 saturated heterocycles. The number of likely N-dealkylation sites (N-methyl/N-ethyl adjacent to an activating group) is 1. The summed E-state index contributed by atoms with van der Waals surface area (Å²) in [5, 5.41) is 0. The number of nitrogens with two attached hydrogens (primary N) is 1. The number of hydrogen-bond donors (Lipinski definition) is 1. The van der Waals surface area contributed by atoms with Gasteiger partial charge in [-0.1, -0.05) is 25.1 Å². The van der Waals surface area contributed by atoms with Crippen LogP contribution in [0.1, 0.15) is 32.4 Å². The van der Waals surface area contributed by atoms with Crippen molar-refractivity contribution in [1.29, 1.82) is 0 Å². The summed E-state index contributed by atoms with van der Waals surface area (Å²) in [5.74, 6) is 0.0247. The van der Waals surface area contributed by atoms with Crippen LogP contribution < -0.4 is 5.73 Å². The molecular weight excluding hydrogens is 265 g/mol. The molecule has 0 amide bonds. The van der Waals surface area contributed by atoms with E-state index in [1.54, 1.807) is 12.1 Å². The molecule has 0 aliphatic carbocycles. The van der Waals surface area contributed by atoms with Crippen LogP contribution in [0.3, 0.4) is 0 Å². The molecule has 118 valence electrons. The standard InChI is InChI=1S/C17H28FN3/c1-13(16(19)14-7-5-6-8-15(14)18)11-21-10-9-20(4)17(2,3)12-21/h5-8,13,16H,9-12,19H2,1-4H3. The van der Waals surface area contributed by atoms with Gasteiger partial charge in [-0.3, -0.25) is 9.80 Å². The molecule has 2 rings (SSSR count). The summed E-state index contributed by atoms with van der Waals surface area (Å²) >= 11 is 0. The van der Waals surface area contributed by atoms with Gasteiger partial charge >= 0.3 is 0 Å². The summed E-state index contributed by atoms with van der Waals surface area (Å²) in [6.45, 7) is 10.7. The molecule has 2 N–H and O–H groups in total. The van der Waals surface area contributed by atoms with Crippen LogP contribution in [-0.2, 0) is 0 Å². The lowest BCUT2D eigenvalue weighted by atomic mass is 9.93. The van der Waals surface area contributed by atoms with Gasteiger partial charge in [0.1, 0.15) is 5.82 Å². The van der Waals surface area contributed by atoms with Crippen LogP contribution in [0.25, 0.3) is 0 Å². The van der Waals surface area contributed by atoms with Gasteiger partial charge in [-0.15, -0.1) is 0 Å². The molecule has 1 fully saturated rings. The van der Waals surface area contributed by atoms with Gasteiger partial charge in [-0.2, -0.15) is 0 Å². The zero-order valence-electron chi connectivity index (χ0n) is 13.6. The Bertz CT molecular complexity index is 475. The third kappa shape index (κ3) is 3.82. The second-order valence-electron chi connectivity index (χ2n) is 6.99. The first kappa shape index (κ1) is 16.4. The quantitative estimate of drug-likeness (QED) is 0.926. The summed E-state index contributed by atoms with van der Waals surface area (Å²) in [6.07, 6.45) is 0. The van der Waals surface area contributed by atoms with Crippen molar-refractivity contribution < 1.29 is 4.39 Å². The predicted octanol–water partition coefficient (Wildman–Crippen LogP) is 2.49. The molecule has 0 radical (unpaired) electrons. The zero-order chi connectivity index (χ0) is 15.6. The van der Waals surface area contributed by atoms with Crippen molar-refractivity contribution in [2.45, 2.75) is 32.4 Å². The summed E-state index contributed by atoms with van der Waals surface area (Å²) in [6, 6.07) is 6.59. The predicted molar refractivity (Wildman–Crippen MR) is 85.6 cm³/mol. The van der Waals surface area contributed by atoms with Crippen molar-refractivity contribution in [1.82, 2.24) is 9.80 Å². The second kappa shape index (κ2) is 6.42. The summed E-state index contributed by atoms with van der Waals surface area (Å²) in [4.78, 5) is 4.84. The molecule has 1 aromatic rings. The Morgan fingerprint density at radius 3 is 2.57 bits per heavy atom. The molecule has 21 heavy (non-hydrogen) atoms. The molecule has 0 aromatic heterocycles. The van der Waals surface area contributed by atoms with Crippen molar-refractivity contribution in [2.75, 3.05) is 33.2 Å². The second-order valence-corrected chi connectivity index (χ2v) is 6.99. The SMILES string of the molecule is CC(CN1CCN(C)C(C)(C)C1)C(N)c1ccccc1F. The fourth-order valence-electron chi connectivity index (χ4n) is 3.07. The van der Waals surface area contributed by atoms with E-state index in [1.165, 1.54) is 6.07 Å². The Kier molecular flexibility index (Phi) is 5.02. The minimum absolute atomic E-state index is 0.181. The maximum atomic E-state index is 13.9. The van der Waals surface area contributed by atoms with Gasteiger partial charge in [-0.05, 0) is 32.9 Å². The zero-order valence-corrected chi connectivity index (χ0v) is 13.6. The van der Waals surface area contributed by atoms with Crippen molar-refractivity contribution >= 4 is 0 Å². The smallest absolute Gasteiger partial charge is 0.127 e. The van der Waals surface area contributed by atoms with Crippen molar-refractivity contribution in [3.63, 3.8) is 0 Å². The Hall–Kier alpha value is -0.970. The lowest BCUT2D eigenvalue weighted by Crippen LogP contribution is -2.58. The highest BCUT2D eigenvalue weighted by Crippen LogP contribution is 2.25. The van der Waals surface area contributed by atoms with E-state index in [2.05, 4.69) is 37.6 Å². The first-order valence-corrected chi connectivity index (χ1v) is 7.75. The molecule has 4 heteroatoms. The topological polar surface area (TPSA) is 32.5 Å².